The van der Waals surface area contributed by atoms with Gasteiger partial charge in [0.2, 0.25) is 11.9 Å². The molecule has 0 saturated carbocycles. The maximum atomic E-state index is 12.3. The minimum absolute atomic E-state index is 0.0190. The third kappa shape index (κ3) is 4.91. The molecule has 2 aromatic carbocycles. The highest BCUT2D eigenvalue weighted by Gasteiger charge is 2.21. The number of carbonyl (C=O) groups is 1. The minimum atomic E-state index is 0.0190. The summed E-state index contributed by atoms with van der Waals surface area (Å²) in [5.41, 5.74) is 8.90. The van der Waals surface area contributed by atoms with Gasteiger partial charge < -0.3 is 20.5 Å². The van der Waals surface area contributed by atoms with Crippen LogP contribution < -0.4 is 11.1 Å². The number of thioether (sulfide) groups is 1. The molecule has 10 heteroatoms. The van der Waals surface area contributed by atoms with Gasteiger partial charge in [0, 0.05) is 37.0 Å². The Hall–Kier alpha value is -2.46. The van der Waals surface area contributed by atoms with Crippen molar-refractivity contribution in [1.29, 1.82) is 0 Å². The number of nitrogen functional groups attached to an aromatic ring is 1. The number of amides is 1. The zero-order chi connectivity index (χ0) is 22.8. The number of rotatable bonds is 6. The maximum Gasteiger partial charge on any atom is 0.224 e. The lowest BCUT2D eigenvalue weighted by Crippen LogP contribution is -2.39. The van der Waals surface area contributed by atoms with Crippen LogP contribution in [0.5, 0.6) is 0 Å². The van der Waals surface area contributed by atoms with Crippen LogP contribution in [0.3, 0.4) is 0 Å². The largest absolute Gasteiger partial charge is 0.381 e. The molecule has 0 unspecified atom stereocenters. The number of nitrogens with two attached hydrogens (primary N) is 1. The first-order valence-corrected chi connectivity index (χ1v) is 12.3. The molecule has 3 heterocycles. The number of hydrogen-bond acceptors (Lipinski definition) is 8. The van der Waals surface area contributed by atoms with Gasteiger partial charge >= 0.3 is 0 Å². The SMILES string of the molecule is Nc1nc(SCCC(=O)NC2CCOCC2)nc(-c2c(Cl)cc3c4c(cccc24)COC3)n1. The second-order valence-electron chi connectivity index (χ2n) is 8.08. The Labute approximate surface area is 200 Å². The number of halogens is 1. The van der Waals surface area contributed by atoms with Crippen molar-refractivity contribution in [2.45, 2.75) is 43.7 Å². The molecule has 2 aliphatic rings. The van der Waals surface area contributed by atoms with Gasteiger partial charge in [0.1, 0.15) is 0 Å². The second-order valence-corrected chi connectivity index (χ2v) is 9.55. The van der Waals surface area contributed by atoms with E-state index in [0.29, 0.717) is 54.6 Å². The molecule has 0 bridgehead atoms. The Kier molecular flexibility index (Phi) is 6.64. The highest BCUT2D eigenvalue weighted by molar-refractivity contribution is 7.99. The van der Waals surface area contributed by atoms with Gasteiger partial charge in [0.05, 0.1) is 18.2 Å². The number of anilines is 1. The van der Waals surface area contributed by atoms with Crippen LogP contribution in [-0.2, 0) is 27.5 Å². The van der Waals surface area contributed by atoms with E-state index >= 15 is 0 Å². The van der Waals surface area contributed by atoms with Crippen molar-refractivity contribution in [2.75, 3.05) is 24.7 Å². The quantitative estimate of drug-likeness (QED) is 0.508. The lowest BCUT2D eigenvalue weighted by Gasteiger charge is -2.23. The highest BCUT2D eigenvalue weighted by atomic mass is 35.5. The van der Waals surface area contributed by atoms with E-state index in [2.05, 4.69) is 26.3 Å². The summed E-state index contributed by atoms with van der Waals surface area (Å²) < 4.78 is 11.0. The Morgan fingerprint density at radius 1 is 1.15 bits per heavy atom. The third-order valence-electron chi connectivity index (χ3n) is 5.80. The van der Waals surface area contributed by atoms with Gasteiger partial charge in [-0.2, -0.15) is 9.97 Å². The molecule has 3 aromatic rings. The Morgan fingerprint density at radius 3 is 2.82 bits per heavy atom. The third-order valence-corrected chi connectivity index (χ3v) is 6.95. The van der Waals surface area contributed by atoms with Crippen molar-refractivity contribution >= 4 is 46.0 Å². The monoisotopic (exact) mass is 485 g/mol. The fraction of sp³-hybridized carbons (Fsp3) is 0.391. The average molecular weight is 486 g/mol. The Bertz CT molecular complexity index is 1200. The Morgan fingerprint density at radius 2 is 1.97 bits per heavy atom. The van der Waals surface area contributed by atoms with Crippen molar-refractivity contribution in [1.82, 2.24) is 20.3 Å². The van der Waals surface area contributed by atoms with Gasteiger partial charge in [-0.15, -0.1) is 0 Å². The molecule has 2 aliphatic heterocycles. The summed E-state index contributed by atoms with van der Waals surface area (Å²) in [6, 6.07) is 8.15. The van der Waals surface area contributed by atoms with Crippen molar-refractivity contribution in [2.24, 2.45) is 0 Å². The molecule has 172 valence electrons. The van der Waals surface area contributed by atoms with E-state index in [1.165, 1.54) is 11.8 Å². The number of hydrogen-bond donors (Lipinski definition) is 2. The maximum absolute atomic E-state index is 12.3. The number of aromatic nitrogens is 3. The number of nitrogens with one attached hydrogen (secondary N) is 1. The lowest BCUT2D eigenvalue weighted by molar-refractivity contribution is -0.121. The van der Waals surface area contributed by atoms with Crippen LogP contribution in [0.25, 0.3) is 22.2 Å². The minimum Gasteiger partial charge on any atom is -0.381 e. The topological polar surface area (TPSA) is 112 Å². The molecule has 0 aliphatic carbocycles. The van der Waals surface area contributed by atoms with E-state index in [-0.39, 0.29) is 17.9 Å². The molecule has 0 spiro atoms. The summed E-state index contributed by atoms with van der Waals surface area (Å²) in [4.78, 5) is 25.5. The van der Waals surface area contributed by atoms with E-state index in [1.807, 2.05) is 18.2 Å². The van der Waals surface area contributed by atoms with Crippen molar-refractivity contribution in [3.8, 4) is 11.4 Å². The molecule has 5 rings (SSSR count). The summed E-state index contributed by atoms with van der Waals surface area (Å²) in [6.07, 6.45) is 2.08. The van der Waals surface area contributed by atoms with Crippen LogP contribution in [-0.4, -0.2) is 45.9 Å². The van der Waals surface area contributed by atoms with Crippen LogP contribution in [0.4, 0.5) is 5.95 Å². The van der Waals surface area contributed by atoms with Gasteiger partial charge in [0.15, 0.2) is 11.0 Å². The molecule has 1 aromatic heterocycles. The van der Waals surface area contributed by atoms with Crippen LogP contribution in [0.1, 0.15) is 30.4 Å². The molecule has 1 amide bonds. The van der Waals surface area contributed by atoms with Gasteiger partial charge in [-0.25, -0.2) is 4.98 Å². The molecule has 3 N–H and O–H groups in total. The molecule has 8 nitrogen and oxygen atoms in total. The van der Waals surface area contributed by atoms with Crippen LogP contribution >= 0.6 is 23.4 Å². The normalized spacial score (nSPS) is 16.2. The predicted octanol–water partition coefficient (Wildman–Crippen LogP) is 3.74. The van der Waals surface area contributed by atoms with E-state index < -0.39 is 0 Å². The second kappa shape index (κ2) is 9.80. The first-order chi connectivity index (χ1) is 16.1. The summed E-state index contributed by atoms with van der Waals surface area (Å²) in [6.45, 7) is 2.46. The number of benzene rings is 2. The fourth-order valence-electron chi connectivity index (χ4n) is 4.27. The molecule has 1 saturated heterocycles. The molecule has 0 atom stereocenters. The van der Waals surface area contributed by atoms with Crippen LogP contribution in [0.15, 0.2) is 29.4 Å². The van der Waals surface area contributed by atoms with Crippen LogP contribution in [0.2, 0.25) is 5.02 Å². The smallest absolute Gasteiger partial charge is 0.224 e. The van der Waals surface area contributed by atoms with Crippen molar-refractivity contribution in [3.05, 3.63) is 40.4 Å². The molecule has 0 radical (unpaired) electrons. The highest BCUT2D eigenvalue weighted by Crippen LogP contribution is 2.39. The number of nitrogens with zero attached hydrogens (tertiary/aromatic N) is 3. The van der Waals surface area contributed by atoms with E-state index in [9.17, 15) is 4.79 Å². The zero-order valence-corrected chi connectivity index (χ0v) is 19.5. The van der Waals surface area contributed by atoms with Crippen molar-refractivity contribution in [3.63, 3.8) is 0 Å². The molecule has 1 fully saturated rings. The molecule has 33 heavy (non-hydrogen) atoms. The molecular formula is C23H24ClN5O3S. The lowest BCUT2D eigenvalue weighted by atomic mass is 9.94. The zero-order valence-electron chi connectivity index (χ0n) is 18.0. The van der Waals surface area contributed by atoms with Crippen molar-refractivity contribution < 1.29 is 14.3 Å². The summed E-state index contributed by atoms with van der Waals surface area (Å²) >= 11 is 8.05. The van der Waals surface area contributed by atoms with Crippen LogP contribution in [0, 0.1) is 0 Å². The molecular weight excluding hydrogens is 462 g/mol. The standard InChI is InChI=1S/C23H24ClN5O3S/c24-17-10-14-12-32-11-13-2-1-3-16(19(13)14)20(17)21-27-22(25)29-23(28-21)33-9-6-18(30)26-15-4-7-31-8-5-15/h1-3,10,15H,4-9,11-12H2,(H,26,30)(H2,25,27,28,29). The summed E-state index contributed by atoms with van der Waals surface area (Å²) in [5.74, 6) is 1.10. The summed E-state index contributed by atoms with van der Waals surface area (Å²) in [7, 11) is 0. The van der Waals surface area contributed by atoms with Gasteiger partial charge in [-0.3, -0.25) is 4.79 Å². The fourth-order valence-corrected chi connectivity index (χ4v) is 5.37. The predicted molar refractivity (Wildman–Crippen MR) is 128 cm³/mol. The van der Waals surface area contributed by atoms with E-state index in [4.69, 9.17) is 26.8 Å². The first kappa shape index (κ1) is 22.3. The average Bonchev–Trinajstić information content (AvgIpc) is 2.80. The van der Waals surface area contributed by atoms with Gasteiger partial charge in [-0.05, 0) is 40.8 Å². The van der Waals surface area contributed by atoms with Gasteiger partial charge in [0.25, 0.3) is 0 Å². The van der Waals surface area contributed by atoms with E-state index in [0.717, 1.165) is 40.3 Å². The Balaban J connectivity index is 1.35. The number of carbonyl (C=O) groups excluding carboxylic acids is 1. The number of ether oxygens (including phenoxy) is 2. The first-order valence-electron chi connectivity index (χ1n) is 10.9. The van der Waals surface area contributed by atoms with Gasteiger partial charge in [-0.1, -0.05) is 41.6 Å². The summed E-state index contributed by atoms with van der Waals surface area (Å²) in [5, 5.41) is 6.17. The van der Waals surface area contributed by atoms with E-state index in [1.54, 1.807) is 0 Å².